The maximum absolute atomic E-state index is 12.5. The SMILES string of the molecule is COc1nccnc1NS(=O)(=O)c1ccc(NC(=O)c2ccc(Cl)cc2)cc1. The number of hydrogen-bond acceptors (Lipinski definition) is 6. The van der Waals surface area contributed by atoms with Gasteiger partial charge in [0.2, 0.25) is 5.82 Å². The highest BCUT2D eigenvalue weighted by atomic mass is 35.5. The number of rotatable bonds is 6. The zero-order valence-electron chi connectivity index (χ0n) is 14.6. The summed E-state index contributed by atoms with van der Waals surface area (Å²) < 4.78 is 32.3. The van der Waals surface area contributed by atoms with Gasteiger partial charge in [-0.15, -0.1) is 0 Å². The summed E-state index contributed by atoms with van der Waals surface area (Å²) in [6.07, 6.45) is 2.73. The van der Waals surface area contributed by atoms with Crippen molar-refractivity contribution in [3.63, 3.8) is 0 Å². The second-order valence-corrected chi connectivity index (χ2v) is 7.62. The number of carbonyl (C=O) groups excluding carboxylic acids is 1. The van der Waals surface area contributed by atoms with Gasteiger partial charge in [0.05, 0.1) is 12.0 Å². The van der Waals surface area contributed by atoms with Gasteiger partial charge in [-0.05, 0) is 48.5 Å². The van der Waals surface area contributed by atoms with Crippen molar-refractivity contribution in [1.82, 2.24) is 9.97 Å². The first-order chi connectivity index (χ1) is 13.4. The molecule has 0 unspecified atom stereocenters. The Kier molecular flexibility index (Phi) is 5.76. The van der Waals surface area contributed by atoms with Crippen LogP contribution in [0.25, 0.3) is 0 Å². The average Bonchev–Trinajstić information content (AvgIpc) is 2.69. The largest absolute Gasteiger partial charge is 0.478 e. The molecule has 0 radical (unpaired) electrons. The molecule has 2 N–H and O–H groups in total. The minimum Gasteiger partial charge on any atom is -0.478 e. The summed E-state index contributed by atoms with van der Waals surface area (Å²) in [6.45, 7) is 0. The van der Waals surface area contributed by atoms with Crippen molar-refractivity contribution in [3.05, 3.63) is 71.5 Å². The fraction of sp³-hybridized carbons (Fsp3) is 0.0556. The van der Waals surface area contributed by atoms with Gasteiger partial charge in [0.25, 0.3) is 21.8 Å². The molecule has 0 saturated carbocycles. The van der Waals surface area contributed by atoms with Crippen molar-refractivity contribution in [3.8, 4) is 5.88 Å². The zero-order valence-corrected chi connectivity index (χ0v) is 16.2. The fourth-order valence-electron chi connectivity index (χ4n) is 2.25. The minimum atomic E-state index is -3.91. The quantitative estimate of drug-likeness (QED) is 0.636. The number of sulfonamides is 1. The van der Waals surface area contributed by atoms with Gasteiger partial charge in [-0.2, -0.15) is 0 Å². The first kappa shape index (κ1) is 19.6. The zero-order chi connectivity index (χ0) is 20.1. The highest BCUT2D eigenvalue weighted by molar-refractivity contribution is 7.92. The third-order valence-corrected chi connectivity index (χ3v) is 5.22. The normalized spacial score (nSPS) is 10.9. The first-order valence-electron chi connectivity index (χ1n) is 7.94. The average molecular weight is 419 g/mol. The number of aromatic nitrogens is 2. The molecule has 8 nitrogen and oxygen atoms in total. The monoisotopic (exact) mass is 418 g/mol. The third kappa shape index (κ3) is 4.56. The molecule has 0 spiro atoms. The molecule has 144 valence electrons. The first-order valence-corrected chi connectivity index (χ1v) is 9.80. The van der Waals surface area contributed by atoms with Crippen molar-refractivity contribution >= 4 is 39.0 Å². The van der Waals surface area contributed by atoms with Crippen molar-refractivity contribution in [2.75, 3.05) is 17.1 Å². The fourth-order valence-corrected chi connectivity index (χ4v) is 3.39. The Morgan fingerprint density at radius 2 is 1.64 bits per heavy atom. The van der Waals surface area contributed by atoms with E-state index in [1.807, 2.05) is 0 Å². The maximum atomic E-state index is 12.5. The van der Waals surface area contributed by atoms with Gasteiger partial charge in [-0.1, -0.05) is 11.6 Å². The van der Waals surface area contributed by atoms with Crippen LogP contribution >= 0.6 is 11.6 Å². The van der Waals surface area contributed by atoms with Gasteiger partial charge in [-0.3, -0.25) is 9.52 Å². The molecule has 0 aliphatic carbocycles. The van der Waals surface area contributed by atoms with Crippen LogP contribution in [0, 0.1) is 0 Å². The number of carbonyl (C=O) groups is 1. The van der Waals surface area contributed by atoms with E-state index in [9.17, 15) is 13.2 Å². The molecule has 1 aromatic heterocycles. The van der Waals surface area contributed by atoms with E-state index < -0.39 is 10.0 Å². The lowest BCUT2D eigenvalue weighted by atomic mass is 10.2. The standard InChI is InChI=1S/C18H15ClN4O4S/c1-27-18-16(20-10-11-21-18)23-28(25,26)15-8-6-14(7-9-15)22-17(24)12-2-4-13(19)5-3-12/h2-11H,1H3,(H,20,23)(H,22,24). The van der Waals surface area contributed by atoms with E-state index in [1.165, 1.54) is 43.8 Å². The smallest absolute Gasteiger partial charge is 0.263 e. The van der Waals surface area contributed by atoms with E-state index >= 15 is 0 Å². The van der Waals surface area contributed by atoms with E-state index in [2.05, 4.69) is 20.0 Å². The minimum absolute atomic E-state index is 0.00954. The van der Waals surface area contributed by atoms with Crippen LogP contribution in [-0.2, 0) is 10.0 Å². The predicted octanol–water partition coefficient (Wildman–Crippen LogP) is 3.19. The molecule has 0 aliphatic heterocycles. The third-order valence-electron chi connectivity index (χ3n) is 3.62. The Labute approximate surface area is 166 Å². The summed E-state index contributed by atoms with van der Waals surface area (Å²) >= 11 is 5.80. The number of nitrogens with zero attached hydrogens (tertiary/aromatic N) is 2. The van der Waals surface area contributed by atoms with Crippen LogP contribution in [-0.4, -0.2) is 31.4 Å². The molecule has 0 bridgehead atoms. The van der Waals surface area contributed by atoms with E-state index in [0.717, 1.165) is 0 Å². The van der Waals surface area contributed by atoms with Gasteiger partial charge in [-0.25, -0.2) is 18.4 Å². The van der Waals surface area contributed by atoms with Crippen LogP contribution in [0.15, 0.2) is 65.8 Å². The maximum Gasteiger partial charge on any atom is 0.263 e. The summed E-state index contributed by atoms with van der Waals surface area (Å²) in [5.41, 5.74) is 0.869. The number of ether oxygens (including phenoxy) is 1. The van der Waals surface area contributed by atoms with Crippen LogP contribution in [0.1, 0.15) is 10.4 Å². The number of benzene rings is 2. The van der Waals surface area contributed by atoms with Gasteiger partial charge >= 0.3 is 0 Å². The second-order valence-electron chi connectivity index (χ2n) is 5.51. The summed E-state index contributed by atoms with van der Waals surface area (Å²) in [7, 11) is -2.55. The number of hydrogen-bond donors (Lipinski definition) is 2. The van der Waals surface area contributed by atoms with Crippen molar-refractivity contribution in [2.45, 2.75) is 4.90 Å². The number of nitrogens with one attached hydrogen (secondary N) is 2. The highest BCUT2D eigenvalue weighted by Crippen LogP contribution is 2.22. The second kappa shape index (κ2) is 8.24. The summed E-state index contributed by atoms with van der Waals surface area (Å²) in [6, 6.07) is 12.1. The Balaban J connectivity index is 1.74. The molecule has 0 aliphatic rings. The van der Waals surface area contributed by atoms with Crippen molar-refractivity contribution in [1.29, 1.82) is 0 Å². The number of methoxy groups -OCH3 is 1. The molecule has 28 heavy (non-hydrogen) atoms. The highest BCUT2D eigenvalue weighted by Gasteiger charge is 2.18. The Hall–Kier alpha value is -3.17. The predicted molar refractivity (Wildman–Crippen MR) is 105 cm³/mol. The number of anilines is 2. The van der Waals surface area contributed by atoms with Gasteiger partial charge in [0.15, 0.2) is 0 Å². The van der Waals surface area contributed by atoms with Crippen LogP contribution in [0.2, 0.25) is 5.02 Å². The Morgan fingerprint density at radius 3 is 2.29 bits per heavy atom. The molecular weight excluding hydrogens is 404 g/mol. The van der Waals surface area contributed by atoms with E-state index in [-0.39, 0.29) is 22.5 Å². The molecule has 3 aromatic rings. The lowest BCUT2D eigenvalue weighted by Crippen LogP contribution is -2.15. The molecule has 1 heterocycles. The lowest BCUT2D eigenvalue weighted by Gasteiger charge is -2.10. The molecule has 0 fully saturated rings. The summed E-state index contributed by atoms with van der Waals surface area (Å²) in [4.78, 5) is 20.0. The van der Waals surface area contributed by atoms with Crippen LogP contribution in [0.4, 0.5) is 11.5 Å². The molecule has 0 atom stereocenters. The lowest BCUT2D eigenvalue weighted by molar-refractivity contribution is 0.102. The van der Waals surface area contributed by atoms with E-state index in [1.54, 1.807) is 24.3 Å². The summed E-state index contributed by atoms with van der Waals surface area (Å²) in [5, 5.41) is 3.21. The molecule has 10 heteroatoms. The molecule has 1 amide bonds. The summed E-state index contributed by atoms with van der Waals surface area (Å²) in [5.74, 6) is -0.308. The van der Waals surface area contributed by atoms with Crippen LogP contribution < -0.4 is 14.8 Å². The van der Waals surface area contributed by atoms with E-state index in [0.29, 0.717) is 16.3 Å². The van der Waals surface area contributed by atoms with Crippen LogP contribution in [0.5, 0.6) is 5.88 Å². The van der Waals surface area contributed by atoms with Crippen molar-refractivity contribution < 1.29 is 17.9 Å². The number of amides is 1. The van der Waals surface area contributed by atoms with Gasteiger partial charge in [0, 0.05) is 28.7 Å². The van der Waals surface area contributed by atoms with Gasteiger partial charge in [0.1, 0.15) is 0 Å². The molecule has 2 aromatic carbocycles. The molecular formula is C18H15ClN4O4S. The number of halogens is 1. The molecule has 3 rings (SSSR count). The van der Waals surface area contributed by atoms with Crippen LogP contribution in [0.3, 0.4) is 0 Å². The Morgan fingerprint density at radius 1 is 1.00 bits per heavy atom. The topological polar surface area (TPSA) is 110 Å². The van der Waals surface area contributed by atoms with Gasteiger partial charge < -0.3 is 10.1 Å². The Bertz CT molecular complexity index is 1090. The van der Waals surface area contributed by atoms with E-state index in [4.69, 9.17) is 16.3 Å². The van der Waals surface area contributed by atoms with Crippen molar-refractivity contribution in [2.24, 2.45) is 0 Å². The molecule has 0 saturated heterocycles.